The van der Waals surface area contributed by atoms with E-state index in [1.165, 1.54) is 6.20 Å². The summed E-state index contributed by atoms with van der Waals surface area (Å²) in [5.41, 5.74) is 5.48. The highest BCUT2D eigenvalue weighted by molar-refractivity contribution is 5.92. The third kappa shape index (κ3) is 4.57. The Balaban J connectivity index is 2.41. The molecule has 3 N–H and O–H groups in total. The van der Waals surface area contributed by atoms with Crippen molar-refractivity contribution in [1.29, 1.82) is 0 Å². The summed E-state index contributed by atoms with van der Waals surface area (Å²) in [5, 5.41) is 3.03. The van der Waals surface area contributed by atoms with Crippen LogP contribution in [-0.2, 0) is 4.79 Å². The van der Waals surface area contributed by atoms with Crippen LogP contribution in [0.25, 0.3) is 0 Å². The van der Waals surface area contributed by atoms with Crippen molar-refractivity contribution in [3.05, 3.63) is 23.9 Å². The van der Waals surface area contributed by atoms with E-state index in [9.17, 15) is 9.59 Å². The number of amides is 2. The summed E-state index contributed by atoms with van der Waals surface area (Å²) in [5.74, 6) is 0.236. The molecule has 2 amide bonds. The Morgan fingerprint density at radius 2 is 2.00 bits per heavy atom. The SMILES string of the molecule is CCN(CC)C(=O)CCNc1ccc(C(N)=O)cn1. The van der Waals surface area contributed by atoms with Crippen LogP contribution in [0.5, 0.6) is 0 Å². The monoisotopic (exact) mass is 264 g/mol. The van der Waals surface area contributed by atoms with Crippen LogP contribution in [0, 0.1) is 0 Å². The van der Waals surface area contributed by atoms with Crippen LogP contribution in [0.2, 0.25) is 0 Å². The molecule has 1 aromatic rings. The molecule has 0 radical (unpaired) electrons. The summed E-state index contributed by atoms with van der Waals surface area (Å²) < 4.78 is 0. The second-order valence-corrected chi connectivity index (χ2v) is 4.04. The van der Waals surface area contributed by atoms with E-state index in [-0.39, 0.29) is 5.91 Å². The lowest BCUT2D eigenvalue weighted by Crippen LogP contribution is -2.31. The molecule has 0 aromatic carbocycles. The second kappa shape index (κ2) is 7.35. The first-order valence-corrected chi connectivity index (χ1v) is 6.36. The van der Waals surface area contributed by atoms with E-state index in [1.54, 1.807) is 17.0 Å². The maximum Gasteiger partial charge on any atom is 0.250 e. The normalized spacial score (nSPS) is 10.0. The molecule has 6 nitrogen and oxygen atoms in total. The molecule has 0 fully saturated rings. The van der Waals surface area contributed by atoms with Crippen molar-refractivity contribution in [2.24, 2.45) is 5.73 Å². The average Bonchev–Trinajstić information content (AvgIpc) is 2.40. The topological polar surface area (TPSA) is 88.3 Å². The van der Waals surface area contributed by atoms with E-state index in [0.717, 1.165) is 13.1 Å². The molecule has 6 heteroatoms. The zero-order valence-electron chi connectivity index (χ0n) is 11.3. The Labute approximate surface area is 113 Å². The van der Waals surface area contributed by atoms with Gasteiger partial charge in [0, 0.05) is 32.3 Å². The van der Waals surface area contributed by atoms with Crippen LogP contribution < -0.4 is 11.1 Å². The minimum absolute atomic E-state index is 0.117. The van der Waals surface area contributed by atoms with Crippen LogP contribution in [0.1, 0.15) is 30.6 Å². The molecule has 1 rings (SSSR count). The van der Waals surface area contributed by atoms with Gasteiger partial charge in [0.05, 0.1) is 5.56 Å². The Hall–Kier alpha value is -2.11. The highest BCUT2D eigenvalue weighted by Gasteiger charge is 2.08. The summed E-state index contributed by atoms with van der Waals surface area (Å²) in [6.45, 7) is 5.87. The summed E-state index contributed by atoms with van der Waals surface area (Å²) in [6.07, 6.45) is 1.83. The van der Waals surface area contributed by atoms with Gasteiger partial charge in [-0.2, -0.15) is 0 Å². The quantitative estimate of drug-likeness (QED) is 0.764. The molecule has 1 heterocycles. The molecule has 104 valence electrons. The maximum absolute atomic E-state index is 11.7. The lowest BCUT2D eigenvalue weighted by Gasteiger charge is -2.18. The van der Waals surface area contributed by atoms with Crippen molar-refractivity contribution in [2.45, 2.75) is 20.3 Å². The molecule has 19 heavy (non-hydrogen) atoms. The molecule has 1 aromatic heterocycles. The fourth-order valence-corrected chi connectivity index (χ4v) is 1.68. The standard InChI is InChI=1S/C13H20N4O2/c1-3-17(4-2)12(18)7-8-15-11-6-5-10(9-16-11)13(14)19/h5-6,9H,3-4,7-8H2,1-2H3,(H2,14,19)(H,15,16). The van der Waals surface area contributed by atoms with Crippen LogP contribution >= 0.6 is 0 Å². The van der Waals surface area contributed by atoms with Crippen LogP contribution in [0.15, 0.2) is 18.3 Å². The molecule has 0 aliphatic carbocycles. The number of pyridine rings is 1. The average molecular weight is 264 g/mol. The number of nitrogens with zero attached hydrogens (tertiary/aromatic N) is 2. The molecular formula is C13H20N4O2. The van der Waals surface area contributed by atoms with Crippen molar-refractivity contribution >= 4 is 17.6 Å². The van der Waals surface area contributed by atoms with Gasteiger partial charge >= 0.3 is 0 Å². The number of primary amides is 1. The van der Waals surface area contributed by atoms with Crippen molar-refractivity contribution in [1.82, 2.24) is 9.88 Å². The van der Waals surface area contributed by atoms with E-state index in [1.807, 2.05) is 13.8 Å². The lowest BCUT2D eigenvalue weighted by atomic mass is 10.2. The van der Waals surface area contributed by atoms with Gasteiger partial charge in [0.2, 0.25) is 11.8 Å². The Morgan fingerprint density at radius 1 is 1.32 bits per heavy atom. The molecule has 0 atom stereocenters. The van der Waals surface area contributed by atoms with E-state index < -0.39 is 5.91 Å². The first-order valence-electron chi connectivity index (χ1n) is 6.36. The van der Waals surface area contributed by atoms with Gasteiger partial charge in [0.25, 0.3) is 0 Å². The maximum atomic E-state index is 11.7. The van der Waals surface area contributed by atoms with Crippen LogP contribution in [0.4, 0.5) is 5.82 Å². The fourth-order valence-electron chi connectivity index (χ4n) is 1.68. The number of carbonyl (C=O) groups excluding carboxylic acids is 2. The van der Waals surface area contributed by atoms with Crippen LogP contribution in [-0.4, -0.2) is 41.3 Å². The van der Waals surface area contributed by atoms with E-state index in [2.05, 4.69) is 10.3 Å². The molecular weight excluding hydrogens is 244 g/mol. The first-order chi connectivity index (χ1) is 9.08. The number of anilines is 1. The van der Waals surface area contributed by atoms with Gasteiger partial charge in [-0.05, 0) is 26.0 Å². The zero-order chi connectivity index (χ0) is 14.3. The number of hydrogen-bond acceptors (Lipinski definition) is 4. The number of rotatable bonds is 7. The molecule has 0 unspecified atom stereocenters. The number of nitrogens with one attached hydrogen (secondary N) is 1. The minimum Gasteiger partial charge on any atom is -0.370 e. The highest BCUT2D eigenvalue weighted by Crippen LogP contribution is 2.04. The van der Waals surface area contributed by atoms with Crippen molar-refractivity contribution in [3.8, 4) is 0 Å². The third-order valence-corrected chi connectivity index (χ3v) is 2.81. The largest absolute Gasteiger partial charge is 0.370 e. The number of aromatic nitrogens is 1. The van der Waals surface area contributed by atoms with Gasteiger partial charge in [-0.15, -0.1) is 0 Å². The molecule has 0 bridgehead atoms. The van der Waals surface area contributed by atoms with Gasteiger partial charge in [-0.25, -0.2) is 4.98 Å². The van der Waals surface area contributed by atoms with Crippen molar-refractivity contribution in [3.63, 3.8) is 0 Å². The van der Waals surface area contributed by atoms with E-state index in [4.69, 9.17) is 5.73 Å². The summed E-state index contributed by atoms with van der Waals surface area (Å²) in [4.78, 5) is 28.4. The number of nitrogens with two attached hydrogens (primary N) is 1. The van der Waals surface area contributed by atoms with Gasteiger partial charge in [0.15, 0.2) is 0 Å². The first kappa shape index (κ1) is 14.9. The van der Waals surface area contributed by atoms with E-state index in [0.29, 0.717) is 24.3 Å². The third-order valence-electron chi connectivity index (χ3n) is 2.81. The predicted octanol–water partition coefficient (Wildman–Crippen LogP) is 0.851. The summed E-state index contributed by atoms with van der Waals surface area (Å²) in [7, 11) is 0. The highest BCUT2D eigenvalue weighted by atomic mass is 16.2. The molecule has 0 saturated heterocycles. The van der Waals surface area contributed by atoms with Gasteiger partial charge in [0.1, 0.15) is 5.82 Å². The smallest absolute Gasteiger partial charge is 0.250 e. The lowest BCUT2D eigenvalue weighted by molar-refractivity contribution is -0.130. The Kier molecular flexibility index (Phi) is 5.78. The van der Waals surface area contributed by atoms with E-state index >= 15 is 0 Å². The van der Waals surface area contributed by atoms with Gasteiger partial charge in [-0.1, -0.05) is 0 Å². The second-order valence-electron chi connectivity index (χ2n) is 4.04. The fraction of sp³-hybridized carbons (Fsp3) is 0.462. The summed E-state index contributed by atoms with van der Waals surface area (Å²) >= 11 is 0. The van der Waals surface area contributed by atoms with Gasteiger partial charge in [-0.3, -0.25) is 9.59 Å². The molecule has 0 spiro atoms. The van der Waals surface area contributed by atoms with Gasteiger partial charge < -0.3 is 16.0 Å². The molecule has 0 saturated carbocycles. The number of hydrogen-bond donors (Lipinski definition) is 2. The minimum atomic E-state index is -0.504. The molecule has 0 aliphatic heterocycles. The van der Waals surface area contributed by atoms with Crippen LogP contribution in [0.3, 0.4) is 0 Å². The Bertz CT molecular complexity index is 427. The Morgan fingerprint density at radius 3 is 2.47 bits per heavy atom. The number of carbonyl (C=O) groups is 2. The van der Waals surface area contributed by atoms with Crippen molar-refractivity contribution < 1.29 is 9.59 Å². The zero-order valence-corrected chi connectivity index (χ0v) is 11.3. The van der Waals surface area contributed by atoms with Crippen molar-refractivity contribution in [2.75, 3.05) is 25.0 Å². The molecule has 0 aliphatic rings. The summed E-state index contributed by atoms with van der Waals surface area (Å²) in [6, 6.07) is 3.27. The predicted molar refractivity (Wildman–Crippen MR) is 73.8 cm³/mol.